The second-order valence-corrected chi connectivity index (χ2v) is 9.69. The highest BCUT2D eigenvalue weighted by atomic mass is 16.5. The zero-order valence-electron chi connectivity index (χ0n) is 22.8. The van der Waals surface area contributed by atoms with Crippen LogP contribution < -0.4 is 15.0 Å². The minimum Gasteiger partial charge on any atom is -0.493 e. The van der Waals surface area contributed by atoms with Crippen LogP contribution in [0.4, 0.5) is 10.5 Å². The molecule has 36 heavy (non-hydrogen) atoms. The van der Waals surface area contributed by atoms with Crippen LogP contribution in [-0.2, 0) is 16.0 Å². The van der Waals surface area contributed by atoms with Gasteiger partial charge in [0.1, 0.15) is 5.75 Å². The van der Waals surface area contributed by atoms with Crippen LogP contribution in [0.5, 0.6) is 5.75 Å². The normalized spacial score (nSPS) is 10.8. The molecule has 2 amide bonds. The van der Waals surface area contributed by atoms with Gasteiger partial charge in [0.05, 0.1) is 13.7 Å². The third-order valence-electron chi connectivity index (χ3n) is 6.25. The lowest BCUT2D eigenvalue weighted by atomic mass is 10.00. The Morgan fingerprint density at radius 2 is 1.81 bits per heavy atom. The summed E-state index contributed by atoms with van der Waals surface area (Å²) in [4.78, 5) is 25.9. The number of nitrogens with zero attached hydrogens (tertiary/aromatic N) is 1. The number of methoxy groups -OCH3 is 1. The first-order valence-electron chi connectivity index (χ1n) is 13.3. The van der Waals surface area contributed by atoms with Gasteiger partial charge in [0.15, 0.2) is 0 Å². The summed E-state index contributed by atoms with van der Waals surface area (Å²) >= 11 is 0. The number of carbonyl (C=O) groups is 2. The van der Waals surface area contributed by atoms with Crippen molar-refractivity contribution in [1.82, 2.24) is 5.32 Å². The number of benzene rings is 2. The summed E-state index contributed by atoms with van der Waals surface area (Å²) < 4.78 is 11.0. The average molecular weight is 497 g/mol. The first kappa shape index (κ1) is 29.2. The number of rotatable bonds is 15. The third kappa shape index (κ3) is 9.92. The summed E-state index contributed by atoms with van der Waals surface area (Å²) in [6, 6.07) is 13.9. The number of unbranched alkanes of at least 4 members (excludes halogenated alkanes) is 4. The molecular formula is C30H44N2O4. The first-order valence-corrected chi connectivity index (χ1v) is 13.3. The molecule has 6 nitrogen and oxygen atoms in total. The Kier molecular flexibility index (Phi) is 12.9. The number of urea groups is 1. The van der Waals surface area contributed by atoms with Crippen LogP contribution in [0, 0.1) is 5.92 Å². The van der Waals surface area contributed by atoms with Gasteiger partial charge in [-0.3, -0.25) is 9.69 Å². The van der Waals surface area contributed by atoms with Crippen molar-refractivity contribution in [1.29, 1.82) is 0 Å². The summed E-state index contributed by atoms with van der Waals surface area (Å²) in [5, 5.41) is 3.03. The van der Waals surface area contributed by atoms with Crippen molar-refractivity contribution in [3.05, 3.63) is 48.0 Å². The zero-order chi connectivity index (χ0) is 26.3. The Morgan fingerprint density at radius 3 is 2.53 bits per heavy atom. The predicted octanol–water partition coefficient (Wildman–Crippen LogP) is 7.00. The molecule has 0 aliphatic heterocycles. The molecule has 0 aromatic heterocycles. The number of aryl methyl sites for hydroxylation is 1. The Morgan fingerprint density at radius 1 is 1.03 bits per heavy atom. The lowest BCUT2D eigenvalue weighted by Crippen LogP contribution is -2.37. The topological polar surface area (TPSA) is 67.9 Å². The highest BCUT2D eigenvalue weighted by molar-refractivity contribution is 5.92. The number of hydrogen-bond acceptors (Lipinski definition) is 4. The van der Waals surface area contributed by atoms with Crippen molar-refractivity contribution in [2.75, 3.05) is 32.2 Å². The molecule has 2 aromatic carbocycles. The molecule has 0 spiro atoms. The van der Waals surface area contributed by atoms with Crippen molar-refractivity contribution in [3.8, 4) is 16.9 Å². The second kappa shape index (κ2) is 15.9. The van der Waals surface area contributed by atoms with Crippen molar-refractivity contribution >= 4 is 17.7 Å². The third-order valence-corrected chi connectivity index (χ3v) is 6.25. The number of ether oxygens (including phenoxy) is 2. The van der Waals surface area contributed by atoms with E-state index < -0.39 is 0 Å². The molecule has 6 heteroatoms. The lowest BCUT2D eigenvalue weighted by Gasteiger charge is -2.20. The largest absolute Gasteiger partial charge is 0.493 e. The van der Waals surface area contributed by atoms with E-state index >= 15 is 0 Å². The highest BCUT2D eigenvalue weighted by Gasteiger charge is 2.14. The summed E-state index contributed by atoms with van der Waals surface area (Å²) in [6.07, 6.45) is 7.69. The molecule has 0 atom stereocenters. The fraction of sp³-hybridized carbons (Fsp3) is 0.533. The maximum Gasteiger partial charge on any atom is 0.321 e. The van der Waals surface area contributed by atoms with Gasteiger partial charge in [-0.15, -0.1) is 0 Å². The molecule has 0 aliphatic carbocycles. The van der Waals surface area contributed by atoms with Gasteiger partial charge in [0.25, 0.3) is 0 Å². The molecular weight excluding hydrogens is 452 g/mol. The fourth-order valence-electron chi connectivity index (χ4n) is 3.87. The number of nitrogens with one attached hydrogen (secondary N) is 1. The number of hydrogen-bond donors (Lipinski definition) is 1. The number of anilines is 1. The van der Waals surface area contributed by atoms with Gasteiger partial charge in [-0.2, -0.15) is 0 Å². The van der Waals surface area contributed by atoms with E-state index in [4.69, 9.17) is 9.47 Å². The summed E-state index contributed by atoms with van der Waals surface area (Å²) in [5.41, 5.74) is 3.78. The second-order valence-electron chi connectivity index (χ2n) is 9.69. The monoisotopic (exact) mass is 496 g/mol. The van der Waals surface area contributed by atoms with Gasteiger partial charge in [0, 0.05) is 31.3 Å². The standard InChI is InChI=1S/C30H44N2O4/c1-6-7-8-9-10-19-31-30(34)32(4)26-13-11-12-25(22-26)27-16-14-24(15-17-29(33)35-5)21-28(27)36-20-18-23(2)3/h11-14,16,21-23H,6-10,15,17-20H2,1-5H3,(H,31,34). The van der Waals surface area contributed by atoms with Crippen molar-refractivity contribution < 1.29 is 19.1 Å². The van der Waals surface area contributed by atoms with Gasteiger partial charge in [-0.1, -0.05) is 70.7 Å². The van der Waals surface area contributed by atoms with Crippen molar-refractivity contribution in [3.63, 3.8) is 0 Å². The SMILES string of the molecule is CCCCCCCNC(=O)N(C)c1cccc(-c2ccc(CCC(=O)OC)cc2OCCC(C)C)c1. The smallest absolute Gasteiger partial charge is 0.321 e. The molecule has 2 aromatic rings. The molecule has 0 bridgehead atoms. The molecule has 0 radical (unpaired) electrons. The van der Waals surface area contributed by atoms with E-state index in [-0.39, 0.29) is 12.0 Å². The van der Waals surface area contributed by atoms with Crippen LogP contribution in [0.15, 0.2) is 42.5 Å². The Balaban J connectivity index is 2.16. The van der Waals surface area contributed by atoms with Gasteiger partial charge >= 0.3 is 12.0 Å². The van der Waals surface area contributed by atoms with Crippen LogP contribution in [0.3, 0.4) is 0 Å². The average Bonchev–Trinajstić information content (AvgIpc) is 2.88. The lowest BCUT2D eigenvalue weighted by molar-refractivity contribution is -0.140. The van der Waals surface area contributed by atoms with Gasteiger partial charge < -0.3 is 14.8 Å². The molecule has 0 aliphatic rings. The fourth-order valence-corrected chi connectivity index (χ4v) is 3.87. The maximum atomic E-state index is 12.7. The predicted molar refractivity (Wildman–Crippen MR) is 148 cm³/mol. The number of esters is 1. The molecule has 2 rings (SSSR count). The van der Waals surface area contributed by atoms with Crippen molar-refractivity contribution in [2.45, 2.75) is 72.1 Å². The van der Waals surface area contributed by atoms with Crippen LogP contribution in [0.25, 0.3) is 11.1 Å². The van der Waals surface area contributed by atoms with E-state index in [9.17, 15) is 9.59 Å². The molecule has 0 unspecified atom stereocenters. The van der Waals surface area contributed by atoms with Crippen LogP contribution in [0.1, 0.15) is 71.3 Å². The quantitative estimate of drug-likeness (QED) is 0.213. The minimum atomic E-state index is -0.226. The van der Waals surface area contributed by atoms with Crippen LogP contribution in [-0.4, -0.2) is 39.3 Å². The number of amides is 2. The molecule has 1 N–H and O–H groups in total. The van der Waals surface area contributed by atoms with E-state index in [1.54, 1.807) is 11.9 Å². The van der Waals surface area contributed by atoms with E-state index in [0.29, 0.717) is 31.9 Å². The van der Waals surface area contributed by atoms with Gasteiger partial charge in [-0.05, 0) is 54.5 Å². The summed E-state index contributed by atoms with van der Waals surface area (Å²) in [7, 11) is 3.20. The van der Waals surface area contributed by atoms with Gasteiger partial charge in [-0.25, -0.2) is 4.79 Å². The van der Waals surface area contributed by atoms with E-state index in [0.717, 1.165) is 47.4 Å². The Hall–Kier alpha value is -3.02. The van der Waals surface area contributed by atoms with Crippen LogP contribution in [0.2, 0.25) is 0 Å². The first-order chi connectivity index (χ1) is 17.3. The zero-order valence-corrected chi connectivity index (χ0v) is 22.8. The molecule has 0 saturated carbocycles. The maximum absolute atomic E-state index is 12.7. The summed E-state index contributed by atoms with van der Waals surface area (Å²) in [6.45, 7) is 7.85. The van der Waals surface area contributed by atoms with Crippen LogP contribution >= 0.6 is 0 Å². The van der Waals surface area contributed by atoms with Crippen molar-refractivity contribution in [2.24, 2.45) is 5.92 Å². The minimum absolute atomic E-state index is 0.103. The van der Waals surface area contributed by atoms with E-state index in [2.05, 4.69) is 26.1 Å². The Bertz CT molecular complexity index is 958. The molecule has 0 saturated heterocycles. The van der Waals surface area contributed by atoms with E-state index in [1.807, 2.05) is 42.5 Å². The Labute approximate surface area is 217 Å². The van der Waals surface area contributed by atoms with Gasteiger partial charge in [0.2, 0.25) is 0 Å². The molecule has 198 valence electrons. The molecule has 0 heterocycles. The molecule has 0 fully saturated rings. The van der Waals surface area contributed by atoms with E-state index in [1.165, 1.54) is 26.4 Å². The number of carbonyl (C=O) groups excluding carboxylic acids is 2. The highest BCUT2D eigenvalue weighted by Crippen LogP contribution is 2.34. The summed E-state index contributed by atoms with van der Waals surface area (Å²) in [5.74, 6) is 1.10.